The number of rotatable bonds is 6. The quantitative estimate of drug-likeness (QED) is 0.199. The van der Waals surface area contributed by atoms with E-state index in [0.717, 1.165) is 0 Å². The normalized spacial score (nSPS) is 14.9. The Morgan fingerprint density at radius 2 is 1.58 bits per heavy atom. The Balaban J connectivity index is 1.89. The van der Waals surface area contributed by atoms with Gasteiger partial charge in [0.1, 0.15) is 9.79 Å². The number of hydrogen-bond acceptors (Lipinski definition) is 11. The number of nitrogens with two attached hydrogens (primary N) is 2. The van der Waals surface area contributed by atoms with Gasteiger partial charge in [-0.25, -0.2) is 0 Å². The van der Waals surface area contributed by atoms with Crippen molar-refractivity contribution < 1.29 is 30.7 Å². The molecule has 1 saturated heterocycles. The summed E-state index contributed by atoms with van der Waals surface area (Å²) in [6.07, 6.45) is 2.45. The molecule has 0 atom stereocenters. The summed E-state index contributed by atoms with van der Waals surface area (Å²) in [5, 5.41) is 0. The van der Waals surface area contributed by atoms with Crippen molar-refractivity contribution in [3.05, 3.63) is 47.5 Å². The summed E-state index contributed by atoms with van der Waals surface area (Å²) in [7, 11) is -9.46. The summed E-state index contributed by atoms with van der Waals surface area (Å²) < 4.78 is 73.4. The van der Waals surface area contributed by atoms with Gasteiger partial charge in [0.25, 0.3) is 20.2 Å². The van der Waals surface area contributed by atoms with Gasteiger partial charge in [-0.3, -0.25) is 9.11 Å². The standard InChI is InChI=1S/C21H22N6O7S2/c22-16-8-7-15(19-24-20(23)26-21(25-19)27-9-11-34-12-10-27)18(36(31,32)33)14(16)6-5-13-3-1-2-4-17(13)35(28,29)30/h1-8H,9-12,22H2,(H,28,29,30)(H,31,32,33)(H2,23,24,25,26). The average Bonchev–Trinajstić information content (AvgIpc) is 2.82. The van der Waals surface area contributed by atoms with Crippen LogP contribution < -0.4 is 16.4 Å². The van der Waals surface area contributed by atoms with Crippen molar-refractivity contribution in [3.8, 4) is 11.4 Å². The molecule has 0 saturated carbocycles. The van der Waals surface area contributed by atoms with Crippen molar-refractivity contribution in [1.82, 2.24) is 15.0 Å². The summed E-state index contributed by atoms with van der Waals surface area (Å²) in [5.74, 6) is -0.0820. The van der Waals surface area contributed by atoms with Gasteiger partial charge in [-0.1, -0.05) is 30.4 Å². The molecule has 15 heteroatoms. The molecule has 1 fully saturated rings. The van der Waals surface area contributed by atoms with Crippen molar-refractivity contribution in [3.63, 3.8) is 0 Å². The van der Waals surface area contributed by atoms with Crippen LogP contribution in [0, 0.1) is 0 Å². The molecule has 1 aliphatic rings. The Morgan fingerprint density at radius 3 is 2.25 bits per heavy atom. The summed E-state index contributed by atoms with van der Waals surface area (Å²) in [4.78, 5) is 13.3. The second kappa shape index (κ2) is 9.79. The van der Waals surface area contributed by atoms with Crippen LogP contribution in [-0.2, 0) is 25.0 Å². The third-order valence-corrected chi connectivity index (χ3v) is 7.17. The molecule has 3 aromatic rings. The number of nitrogens with zero attached hydrogens (tertiary/aromatic N) is 4. The van der Waals surface area contributed by atoms with Gasteiger partial charge in [-0.15, -0.1) is 0 Å². The first-order valence-corrected chi connectivity index (χ1v) is 13.3. The topological polar surface area (TPSA) is 212 Å². The molecule has 4 rings (SSSR count). The molecule has 0 amide bonds. The molecule has 1 aliphatic heterocycles. The lowest BCUT2D eigenvalue weighted by molar-refractivity contribution is 0.122. The predicted octanol–water partition coefficient (Wildman–Crippen LogP) is 1.20. The van der Waals surface area contributed by atoms with E-state index in [1.54, 1.807) is 4.90 Å². The lowest BCUT2D eigenvalue weighted by Gasteiger charge is -2.27. The van der Waals surface area contributed by atoms with Gasteiger partial charge < -0.3 is 21.1 Å². The minimum atomic E-state index is -4.90. The molecule has 6 N–H and O–H groups in total. The molecule has 0 aliphatic carbocycles. The fraction of sp³-hybridized carbons (Fsp3) is 0.190. The van der Waals surface area contributed by atoms with E-state index in [-0.39, 0.29) is 40.1 Å². The SMILES string of the molecule is Nc1nc(-c2ccc(N)c(C=Cc3ccccc3S(=O)(=O)O)c2S(=O)(=O)O)nc(N2CCOCC2)n1. The lowest BCUT2D eigenvalue weighted by Crippen LogP contribution is -2.37. The second-order valence-corrected chi connectivity index (χ2v) is 10.4. The highest BCUT2D eigenvalue weighted by Gasteiger charge is 2.26. The molecule has 0 spiro atoms. The van der Waals surface area contributed by atoms with Crippen LogP contribution in [0.15, 0.2) is 46.2 Å². The molecular formula is C21H22N6O7S2. The third-order valence-electron chi connectivity index (χ3n) is 5.29. The number of ether oxygens (including phenoxy) is 1. The number of aromatic nitrogens is 3. The van der Waals surface area contributed by atoms with Gasteiger partial charge >= 0.3 is 0 Å². The largest absolute Gasteiger partial charge is 0.398 e. The van der Waals surface area contributed by atoms with Crippen molar-refractivity contribution in [2.24, 2.45) is 0 Å². The molecule has 190 valence electrons. The Kier molecular flexibility index (Phi) is 6.92. The van der Waals surface area contributed by atoms with E-state index in [2.05, 4.69) is 15.0 Å². The zero-order chi connectivity index (χ0) is 26.1. The van der Waals surface area contributed by atoms with Gasteiger partial charge in [0.2, 0.25) is 11.9 Å². The molecule has 0 unspecified atom stereocenters. The maximum atomic E-state index is 12.5. The Labute approximate surface area is 207 Å². The van der Waals surface area contributed by atoms with Gasteiger partial charge in [-0.05, 0) is 23.8 Å². The van der Waals surface area contributed by atoms with Crippen LogP contribution in [-0.4, -0.2) is 67.2 Å². The highest BCUT2D eigenvalue weighted by molar-refractivity contribution is 7.86. The molecule has 0 bridgehead atoms. The maximum absolute atomic E-state index is 12.5. The predicted molar refractivity (Wildman–Crippen MR) is 132 cm³/mol. The van der Waals surface area contributed by atoms with Crippen molar-refractivity contribution in [1.29, 1.82) is 0 Å². The number of nitrogen functional groups attached to an aromatic ring is 2. The van der Waals surface area contributed by atoms with Crippen LogP contribution in [0.25, 0.3) is 23.5 Å². The third kappa shape index (κ3) is 5.44. The zero-order valence-electron chi connectivity index (χ0n) is 18.6. The Morgan fingerprint density at radius 1 is 0.889 bits per heavy atom. The molecule has 36 heavy (non-hydrogen) atoms. The van der Waals surface area contributed by atoms with Crippen LogP contribution in [0.5, 0.6) is 0 Å². The van der Waals surface area contributed by atoms with E-state index in [9.17, 15) is 25.9 Å². The van der Waals surface area contributed by atoms with E-state index in [1.165, 1.54) is 48.6 Å². The van der Waals surface area contributed by atoms with Crippen LogP contribution in [0.4, 0.5) is 17.6 Å². The number of hydrogen-bond donors (Lipinski definition) is 4. The van der Waals surface area contributed by atoms with E-state index in [0.29, 0.717) is 26.3 Å². The minimum absolute atomic E-state index is 0.0395. The van der Waals surface area contributed by atoms with E-state index < -0.39 is 30.0 Å². The van der Waals surface area contributed by atoms with Crippen LogP contribution in [0.3, 0.4) is 0 Å². The zero-order valence-corrected chi connectivity index (χ0v) is 20.3. The maximum Gasteiger partial charge on any atom is 0.295 e. The molecular weight excluding hydrogens is 512 g/mol. The first-order valence-electron chi connectivity index (χ1n) is 10.4. The molecule has 13 nitrogen and oxygen atoms in total. The van der Waals surface area contributed by atoms with E-state index in [1.807, 2.05) is 0 Å². The van der Waals surface area contributed by atoms with Crippen molar-refractivity contribution >= 4 is 50.0 Å². The number of anilines is 3. The second-order valence-electron chi connectivity index (χ2n) is 7.68. The fourth-order valence-electron chi connectivity index (χ4n) is 3.67. The molecule has 0 radical (unpaired) electrons. The monoisotopic (exact) mass is 534 g/mol. The summed E-state index contributed by atoms with van der Waals surface area (Å²) in [5.41, 5.74) is 11.7. The average molecular weight is 535 g/mol. The van der Waals surface area contributed by atoms with E-state index >= 15 is 0 Å². The first kappa shape index (κ1) is 25.5. The van der Waals surface area contributed by atoms with Gasteiger partial charge in [0.05, 0.1) is 13.2 Å². The summed E-state index contributed by atoms with van der Waals surface area (Å²) >= 11 is 0. The van der Waals surface area contributed by atoms with E-state index in [4.69, 9.17) is 16.2 Å². The molecule has 1 aromatic heterocycles. The molecule has 2 aromatic carbocycles. The fourth-order valence-corrected chi connectivity index (χ4v) is 5.26. The number of benzene rings is 2. The first-order chi connectivity index (χ1) is 16.9. The van der Waals surface area contributed by atoms with Gasteiger partial charge in [-0.2, -0.15) is 31.8 Å². The minimum Gasteiger partial charge on any atom is -0.398 e. The van der Waals surface area contributed by atoms with Gasteiger partial charge in [0.15, 0.2) is 5.82 Å². The number of morpholine rings is 1. The van der Waals surface area contributed by atoms with Crippen LogP contribution in [0.2, 0.25) is 0 Å². The Bertz CT molecular complexity index is 1550. The summed E-state index contributed by atoms with van der Waals surface area (Å²) in [6, 6.07) is 8.22. The van der Waals surface area contributed by atoms with Crippen molar-refractivity contribution in [2.45, 2.75) is 9.79 Å². The molecule has 2 heterocycles. The van der Waals surface area contributed by atoms with Crippen LogP contribution in [0.1, 0.15) is 11.1 Å². The lowest BCUT2D eigenvalue weighted by atomic mass is 10.1. The van der Waals surface area contributed by atoms with Gasteiger partial charge in [0, 0.05) is 29.9 Å². The Hall–Kier alpha value is -3.63. The van der Waals surface area contributed by atoms with Crippen LogP contribution >= 0.6 is 0 Å². The van der Waals surface area contributed by atoms with Crippen molar-refractivity contribution in [2.75, 3.05) is 42.7 Å². The smallest absolute Gasteiger partial charge is 0.295 e. The highest BCUT2D eigenvalue weighted by atomic mass is 32.2. The highest BCUT2D eigenvalue weighted by Crippen LogP contribution is 2.34. The summed E-state index contributed by atoms with van der Waals surface area (Å²) in [6.45, 7) is 1.85.